The lowest BCUT2D eigenvalue weighted by molar-refractivity contribution is 0.556. The van der Waals surface area contributed by atoms with Crippen molar-refractivity contribution in [2.45, 2.75) is 142 Å². The van der Waals surface area contributed by atoms with Crippen LogP contribution in [0.4, 0.5) is 23.1 Å². The predicted molar refractivity (Wildman–Crippen MR) is 198 cm³/mol. The van der Waals surface area contributed by atoms with Crippen LogP contribution in [0.2, 0.25) is 5.02 Å². The Balaban J connectivity index is 1.62. The van der Waals surface area contributed by atoms with Crippen LogP contribution in [-0.2, 0) is 0 Å². The largest absolute Gasteiger partial charge is 0.325 e. The van der Waals surface area contributed by atoms with Gasteiger partial charge in [-0.1, -0.05) is 177 Å². The van der Waals surface area contributed by atoms with Crippen LogP contribution >= 0.6 is 11.6 Å². The molecule has 45 heavy (non-hydrogen) atoms. The lowest BCUT2D eigenvalue weighted by Gasteiger charge is -2.28. The van der Waals surface area contributed by atoms with E-state index in [9.17, 15) is 0 Å². The van der Waals surface area contributed by atoms with Crippen LogP contribution in [0.25, 0.3) is 0 Å². The normalized spacial score (nSPS) is 11.2. The van der Waals surface area contributed by atoms with Crippen LogP contribution in [0.3, 0.4) is 0 Å². The van der Waals surface area contributed by atoms with Gasteiger partial charge in [0.15, 0.2) is 5.82 Å². The fraction of sp³-hybridized carbons (Fsp3) is 0.600. The van der Waals surface area contributed by atoms with Crippen LogP contribution in [0.15, 0.2) is 66.9 Å². The van der Waals surface area contributed by atoms with Crippen LogP contribution < -0.4 is 9.80 Å². The molecule has 0 saturated carbocycles. The first-order valence-corrected chi connectivity index (χ1v) is 18.8. The number of hydrogen-bond acceptors (Lipinski definition) is 4. The van der Waals surface area contributed by atoms with Gasteiger partial charge in [-0.3, -0.25) is 0 Å². The van der Waals surface area contributed by atoms with Crippen molar-refractivity contribution in [2.75, 3.05) is 22.9 Å². The molecule has 0 aliphatic rings. The third-order valence-corrected chi connectivity index (χ3v) is 9.08. The third-order valence-electron chi connectivity index (χ3n) is 8.82. The zero-order valence-electron chi connectivity index (χ0n) is 28.6. The zero-order chi connectivity index (χ0) is 31.8. The van der Waals surface area contributed by atoms with E-state index < -0.39 is 0 Å². The number of nitrogens with zero attached hydrogens (tertiary/aromatic N) is 4. The standard InChI is InChI=1S/C40H61ClN4/c1-3-5-7-9-11-13-15-17-19-27-33-44(36-29-23-21-24-30-36)39-38(41)35-42-40(43-39)45(37-31-25-22-26-32-37)34-28-20-18-16-14-12-10-8-6-4-2/h21-26,29-32,35H,3-20,27-28,33-34H2,1-2H3. The molecule has 4 nitrogen and oxygen atoms in total. The minimum Gasteiger partial charge on any atom is -0.325 e. The Hall–Kier alpha value is -2.59. The molecule has 0 amide bonds. The first-order valence-electron chi connectivity index (χ1n) is 18.4. The van der Waals surface area contributed by atoms with Gasteiger partial charge in [-0.05, 0) is 37.1 Å². The van der Waals surface area contributed by atoms with E-state index in [4.69, 9.17) is 21.6 Å². The first-order chi connectivity index (χ1) is 22.2. The van der Waals surface area contributed by atoms with E-state index in [-0.39, 0.29) is 0 Å². The average Bonchev–Trinajstić information content (AvgIpc) is 3.08. The Morgan fingerprint density at radius 3 is 1.31 bits per heavy atom. The van der Waals surface area contributed by atoms with E-state index in [0.717, 1.165) is 49.1 Å². The van der Waals surface area contributed by atoms with E-state index >= 15 is 0 Å². The van der Waals surface area contributed by atoms with Gasteiger partial charge in [0.2, 0.25) is 5.95 Å². The number of halogens is 1. The smallest absolute Gasteiger partial charge is 0.231 e. The van der Waals surface area contributed by atoms with Gasteiger partial charge >= 0.3 is 0 Å². The highest BCUT2D eigenvalue weighted by atomic mass is 35.5. The summed E-state index contributed by atoms with van der Waals surface area (Å²) in [5, 5.41) is 0.599. The van der Waals surface area contributed by atoms with Gasteiger partial charge in [0.05, 0.1) is 6.20 Å². The zero-order valence-corrected chi connectivity index (χ0v) is 29.3. The van der Waals surface area contributed by atoms with Gasteiger partial charge < -0.3 is 9.80 Å². The predicted octanol–water partition coefficient (Wildman–Crippen LogP) is 13.2. The molecule has 0 spiro atoms. The van der Waals surface area contributed by atoms with E-state index in [1.54, 1.807) is 6.20 Å². The van der Waals surface area contributed by atoms with Crippen molar-refractivity contribution < 1.29 is 0 Å². The highest BCUT2D eigenvalue weighted by molar-refractivity contribution is 6.33. The summed E-state index contributed by atoms with van der Waals surface area (Å²) in [5.74, 6) is 1.52. The summed E-state index contributed by atoms with van der Waals surface area (Å²) >= 11 is 6.85. The fourth-order valence-corrected chi connectivity index (χ4v) is 6.29. The number of benzene rings is 2. The highest BCUT2D eigenvalue weighted by Gasteiger charge is 2.19. The number of rotatable bonds is 26. The van der Waals surface area contributed by atoms with E-state index in [2.05, 4.69) is 84.3 Å². The summed E-state index contributed by atoms with van der Waals surface area (Å²) in [7, 11) is 0. The van der Waals surface area contributed by atoms with Crippen molar-refractivity contribution in [1.82, 2.24) is 9.97 Å². The summed E-state index contributed by atoms with van der Waals surface area (Å²) in [6, 6.07) is 21.2. The highest BCUT2D eigenvalue weighted by Crippen LogP contribution is 2.33. The molecule has 0 unspecified atom stereocenters. The van der Waals surface area contributed by atoms with Crippen LogP contribution in [0, 0.1) is 0 Å². The molecule has 3 rings (SSSR count). The van der Waals surface area contributed by atoms with Crippen LogP contribution in [0.1, 0.15) is 142 Å². The van der Waals surface area contributed by atoms with Crippen LogP contribution in [0.5, 0.6) is 0 Å². The minimum absolute atomic E-state index is 0.599. The van der Waals surface area contributed by atoms with Gasteiger partial charge in [0.25, 0.3) is 0 Å². The van der Waals surface area contributed by atoms with Gasteiger partial charge in [0.1, 0.15) is 5.02 Å². The Kier molecular flexibility index (Phi) is 19.4. The van der Waals surface area contributed by atoms with Crippen molar-refractivity contribution >= 4 is 34.7 Å². The summed E-state index contributed by atoms with van der Waals surface area (Å²) in [6.07, 6.45) is 28.2. The molecule has 248 valence electrons. The molecule has 0 saturated heterocycles. The van der Waals surface area contributed by atoms with Gasteiger partial charge in [-0.25, -0.2) is 4.98 Å². The van der Waals surface area contributed by atoms with Crippen molar-refractivity contribution in [3.05, 3.63) is 71.9 Å². The monoisotopic (exact) mass is 632 g/mol. The summed E-state index contributed by atoms with van der Waals surface area (Å²) in [5.41, 5.74) is 2.25. The lowest BCUT2D eigenvalue weighted by Crippen LogP contribution is -2.24. The molecule has 0 aliphatic heterocycles. The Bertz CT molecular complexity index is 1120. The van der Waals surface area contributed by atoms with E-state index in [0.29, 0.717) is 5.02 Å². The topological polar surface area (TPSA) is 32.3 Å². The molecule has 2 aromatic carbocycles. The maximum absolute atomic E-state index is 6.85. The number of anilines is 4. The molecule has 0 N–H and O–H groups in total. The molecule has 1 heterocycles. The number of para-hydroxylation sites is 2. The van der Waals surface area contributed by atoms with Crippen molar-refractivity contribution in [3.8, 4) is 0 Å². The molecule has 0 aliphatic carbocycles. The fourth-order valence-electron chi connectivity index (χ4n) is 6.10. The molecule has 3 aromatic rings. The quantitative estimate of drug-likeness (QED) is 0.0824. The Labute approximate surface area is 281 Å². The minimum atomic E-state index is 0.599. The second-order valence-corrected chi connectivity index (χ2v) is 13.1. The van der Waals surface area contributed by atoms with E-state index in [1.807, 2.05) is 0 Å². The van der Waals surface area contributed by atoms with Crippen LogP contribution in [-0.4, -0.2) is 23.1 Å². The summed E-state index contributed by atoms with van der Waals surface area (Å²) in [6.45, 7) is 6.35. The Morgan fingerprint density at radius 1 is 0.489 bits per heavy atom. The molecular weight excluding hydrogens is 572 g/mol. The molecule has 0 atom stereocenters. The second-order valence-electron chi connectivity index (χ2n) is 12.7. The first kappa shape index (κ1) is 36.9. The molecular formula is C40H61ClN4. The molecule has 5 heteroatoms. The Morgan fingerprint density at radius 2 is 0.867 bits per heavy atom. The number of aromatic nitrogens is 2. The van der Waals surface area contributed by atoms with Gasteiger partial charge in [-0.15, -0.1) is 0 Å². The molecule has 0 radical (unpaired) electrons. The van der Waals surface area contributed by atoms with Crippen molar-refractivity contribution in [3.63, 3.8) is 0 Å². The van der Waals surface area contributed by atoms with Crippen molar-refractivity contribution in [2.24, 2.45) is 0 Å². The van der Waals surface area contributed by atoms with Crippen molar-refractivity contribution in [1.29, 1.82) is 0 Å². The SMILES string of the molecule is CCCCCCCCCCCCN(c1ccccc1)c1ncc(Cl)c(N(CCCCCCCCCCCC)c2ccccc2)n1. The second kappa shape index (κ2) is 23.7. The summed E-state index contributed by atoms with van der Waals surface area (Å²) in [4.78, 5) is 14.5. The molecule has 0 fully saturated rings. The number of unbranched alkanes of at least 4 members (excludes halogenated alkanes) is 18. The number of hydrogen-bond donors (Lipinski definition) is 0. The summed E-state index contributed by atoms with van der Waals surface area (Å²) < 4.78 is 0. The molecule has 0 bridgehead atoms. The maximum Gasteiger partial charge on any atom is 0.231 e. The average molecular weight is 633 g/mol. The van der Waals surface area contributed by atoms with E-state index in [1.165, 1.54) is 116 Å². The third kappa shape index (κ3) is 14.6. The molecule has 1 aromatic heterocycles. The van der Waals surface area contributed by atoms with Gasteiger partial charge in [0, 0.05) is 24.5 Å². The lowest BCUT2D eigenvalue weighted by atomic mass is 10.1. The van der Waals surface area contributed by atoms with Gasteiger partial charge in [-0.2, -0.15) is 4.98 Å². The maximum atomic E-state index is 6.85.